The smallest absolute Gasteiger partial charge is 0.212 e. The number of nitrogens with one attached hydrogen (secondary N) is 1. The SMILES string of the molecule is Cc1c(N)cccc1CNS(=O)(=O)CCc1ccncc1. The Morgan fingerprint density at radius 3 is 2.62 bits per heavy atom. The number of nitrogens with zero attached hydrogens (tertiary/aromatic N) is 1. The molecule has 1 aromatic carbocycles. The molecule has 0 saturated heterocycles. The van der Waals surface area contributed by atoms with E-state index in [1.807, 2.05) is 31.2 Å². The molecular formula is C15H19N3O2S. The first-order chi connectivity index (χ1) is 9.98. The van der Waals surface area contributed by atoms with Gasteiger partial charge in [-0.25, -0.2) is 13.1 Å². The Balaban J connectivity index is 1.94. The molecule has 21 heavy (non-hydrogen) atoms. The number of rotatable bonds is 6. The van der Waals surface area contributed by atoms with Gasteiger partial charge in [-0.15, -0.1) is 0 Å². The first kappa shape index (κ1) is 15.5. The number of pyridine rings is 1. The third-order valence-corrected chi connectivity index (χ3v) is 4.70. The second-order valence-electron chi connectivity index (χ2n) is 4.88. The lowest BCUT2D eigenvalue weighted by Gasteiger charge is -2.10. The maximum Gasteiger partial charge on any atom is 0.212 e. The Morgan fingerprint density at radius 2 is 1.90 bits per heavy atom. The molecule has 0 fully saturated rings. The average molecular weight is 305 g/mol. The van der Waals surface area contributed by atoms with Crippen molar-refractivity contribution in [1.82, 2.24) is 9.71 Å². The number of sulfonamides is 1. The summed E-state index contributed by atoms with van der Waals surface area (Å²) in [5.74, 6) is 0.0539. The van der Waals surface area contributed by atoms with Crippen LogP contribution in [0.15, 0.2) is 42.7 Å². The molecule has 1 aromatic heterocycles. The molecule has 0 atom stereocenters. The Morgan fingerprint density at radius 1 is 1.19 bits per heavy atom. The first-order valence-electron chi connectivity index (χ1n) is 6.68. The summed E-state index contributed by atoms with van der Waals surface area (Å²) in [6, 6.07) is 9.13. The van der Waals surface area contributed by atoms with E-state index in [2.05, 4.69) is 9.71 Å². The minimum atomic E-state index is -3.32. The van der Waals surface area contributed by atoms with E-state index in [0.29, 0.717) is 12.1 Å². The van der Waals surface area contributed by atoms with Crippen LogP contribution in [0.5, 0.6) is 0 Å². The molecule has 0 aliphatic heterocycles. The van der Waals surface area contributed by atoms with Crippen LogP contribution >= 0.6 is 0 Å². The van der Waals surface area contributed by atoms with E-state index in [-0.39, 0.29) is 12.3 Å². The zero-order valence-corrected chi connectivity index (χ0v) is 12.7. The molecule has 1 heterocycles. The van der Waals surface area contributed by atoms with Gasteiger partial charge in [-0.2, -0.15) is 0 Å². The highest BCUT2D eigenvalue weighted by atomic mass is 32.2. The zero-order chi connectivity index (χ0) is 15.3. The highest BCUT2D eigenvalue weighted by molar-refractivity contribution is 7.89. The number of hydrogen-bond donors (Lipinski definition) is 2. The number of nitrogen functional groups attached to an aromatic ring is 1. The number of aromatic nitrogens is 1. The number of nitrogens with two attached hydrogens (primary N) is 1. The molecule has 2 rings (SSSR count). The van der Waals surface area contributed by atoms with Crippen LogP contribution in [-0.2, 0) is 23.0 Å². The highest BCUT2D eigenvalue weighted by Crippen LogP contribution is 2.15. The van der Waals surface area contributed by atoms with Gasteiger partial charge in [0.05, 0.1) is 5.75 Å². The predicted molar refractivity (Wildman–Crippen MR) is 84.2 cm³/mol. The molecule has 0 spiro atoms. The largest absolute Gasteiger partial charge is 0.399 e. The summed E-state index contributed by atoms with van der Waals surface area (Å²) in [4.78, 5) is 3.91. The van der Waals surface area contributed by atoms with Gasteiger partial charge in [-0.05, 0) is 48.2 Å². The van der Waals surface area contributed by atoms with Crippen molar-refractivity contribution in [2.75, 3.05) is 11.5 Å². The molecule has 0 aliphatic rings. The zero-order valence-electron chi connectivity index (χ0n) is 11.9. The topological polar surface area (TPSA) is 85.1 Å². The number of benzene rings is 1. The van der Waals surface area contributed by atoms with Crippen LogP contribution in [0.3, 0.4) is 0 Å². The molecule has 6 heteroatoms. The van der Waals surface area contributed by atoms with Crippen molar-refractivity contribution in [3.05, 3.63) is 59.4 Å². The lowest BCUT2D eigenvalue weighted by Crippen LogP contribution is -2.27. The number of hydrogen-bond acceptors (Lipinski definition) is 4. The van der Waals surface area contributed by atoms with Crippen LogP contribution < -0.4 is 10.5 Å². The molecule has 2 aromatic rings. The van der Waals surface area contributed by atoms with Crippen molar-refractivity contribution in [2.45, 2.75) is 19.9 Å². The van der Waals surface area contributed by atoms with Crippen molar-refractivity contribution < 1.29 is 8.42 Å². The van der Waals surface area contributed by atoms with E-state index in [4.69, 9.17) is 5.73 Å². The van der Waals surface area contributed by atoms with Crippen molar-refractivity contribution in [3.8, 4) is 0 Å². The van der Waals surface area contributed by atoms with Gasteiger partial charge >= 0.3 is 0 Å². The Labute approximate surface area is 125 Å². The van der Waals surface area contributed by atoms with Gasteiger partial charge in [0.25, 0.3) is 0 Å². The fourth-order valence-corrected chi connectivity index (χ4v) is 2.98. The fraction of sp³-hybridized carbons (Fsp3) is 0.267. The van der Waals surface area contributed by atoms with E-state index < -0.39 is 10.0 Å². The summed E-state index contributed by atoms with van der Waals surface area (Å²) >= 11 is 0. The van der Waals surface area contributed by atoms with Crippen molar-refractivity contribution in [3.63, 3.8) is 0 Å². The normalized spacial score (nSPS) is 11.5. The molecule has 0 amide bonds. The third-order valence-electron chi connectivity index (χ3n) is 3.38. The summed E-state index contributed by atoms with van der Waals surface area (Å²) in [7, 11) is -3.32. The Hall–Kier alpha value is -1.92. The van der Waals surface area contributed by atoms with E-state index >= 15 is 0 Å². The van der Waals surface area contributed by atoms with Crippen LogP contribution in [0, 0.1) is 6.92 Å². The van der Waals surface area contributed by atoms with Gasteiger partial charge in [0, 0.05) is 24.6 Å². The minimum Gasteiger partial charge on any atom is -0.399 e. The monoisotopic (exact) mass is 305 g/mol. The van der Waals surface area contributed by atoms with Gasteiger partial charge in [-0.1, -0.05) is 12.1 Å². The lowest BCUT2D eigenvalue weighted by molar-refractivity contribution is 0.580. The second kappa shape index (κ2) is 6.69. The Kier molecular flexibility index (Phi) is 4.93. The standard InChI is InChI=1S/C15H19N3O2S/c1-12-14(3-2-4-15(12)16)11-18-21(19,20)10-7-13-5-8-17-9-6-13/h2-6,8-9,18H,7,10-11,16H2,1H3. The van der Waals surface area contributed by atoms with E-state index in [9.17, 15) is 8.42 Å². The summed E-state index contributed by atoms with van der Waals surface area (Å²) in [5, 5.41) is 0. The van der Waals surface area contributed by atoms with Crippen molar-refractivity contribution in [2.24, 2.45) is 0 Å². The maximum atomic E-state index is 12.0. The summed E-state index contributed by atoms with van der Waals surface area (Å²) in [6.45, 7) is 2.14. The number of aryl methyl sites for hydroxylation is 1. The van der Waals surface area contributed by atoms with Crippen molar-refractivity contribution >= 4 is 15.7 Å². The Bertz CT molecular complexity index is 700. The molecule has 0 bridgehead atoms. The van der Waals surface area contributed by atoms with Gasteiger partial charge in [0.1, 0.15) is 0 Å². The van der Waals surface area contributed by atoms with Crippen LogP contribution in [-0.4, -0.2) is 19.2 Å². The second-order valence-corrected chi connectivity index (χ2v) is 6.80. The lowest BCUT2D eigenvalue weighted by atomic mass is 10.1. The minimum absolute atomic E-state index is 0.0539. The predicted octanol–water partition coefficient (Wildman–Crippen LogP) is 1.63. The molecule has 0 unspecified atom stereocenters. The summed E-state index contributed by atoms with van der Waals surface area (Å²) < 4.78 is 26.6. The van der Waals surface area contributed by atoms with E-state index in [1.54, 1.807) is 18.5 Å². The molecular weight excluding hydrogens is 286 g/mol. The molecule has 0 radical (unpaired) electrons. The highest BCUT2D eigenvalue weighted by Gasteiger charge is 2.11. The molecule has 0 aliphatic carbocycles. The first-order valence-corrected chi connectivity index (χ1v) is 8.33. The van der Waals surface area contributed by atoms with Crippen LogP contribution in [0.2, 0.25) is 0 Å². The maximum absolute atomic E-state index is 12.0. The molecule has 0 saturated carbocycles. The van der Waals surface area contributed by atoms with Gasteiger partial charge in [0.15, 0.2) is 0 Å². The summed E-state index contributed by atoms with van der Waals surface area (Å²) in [5.41, 5.74) is 9.24. The molecule has 3 N–H and O–H groups in total. The average Bonchev–Trinajstić information content (AvgIpc) is 2.48. The molecule has 5 nitrogen and oxygen atoms in total. The van der Waals surface area contributed by atoms with Gasteiger partial charge < -0.3 is 5.73 Å². The van der Waals surface area contributed by atoms with Crippen LogP contribution in [0.25, 0.3) is 0 Å². The van der Waals surface area contributed by atoms with Crippen LogP contribution in [0.4, 0.5) is 5.69 Å². The van der Waals surface area contributed by atoms with Gasteiger partial charge in [0.2, 0.25) is 10.0 Å². The fourth-order valence-electron chi connectivity index (χ4n) is 1.96. The van der Waals surface area contributed by atoms with Crippen LogP contribution in [0.1, 0.15) is 16.7 Å². The quantitative estimate of drug-likeness (QED) is 0.794. The van der Waals surface area contributed by atoms with E-state index in [1.165, 1.54) is 0 Å². The third kappa shape index (κ3) is 4.54. The summed E-state index contributed by atoms with van der Waals surface area (Å²) in [6.07, 6.45) is 3.78. The van der Waals surface area contributed by atoms with E-state index in [0.717, 1.165) is 16.7 Å². The van der Waals surface area contributed by atoms with Crippen molar-refractivity contribution in [1.29, 1.82) is 0 Å². The molecule has 112 valence electrons. The number of anilines is 1. The van der Waals surface area contributed by atoms with Gasteiger partial charge in [-0.3, -0.25) is 4.98 Å².